The molecule has 0 bridgehead atoms. The molecule has 1 amide bonds. The van der Waals surface area contributed by atoms with E-state index in [2.05, 4.69) is 5.32 Å². The first-order valence-corrected chi connectivity index (χ1v) is 6.30. The van der Waals surface area contributed by atoms with Gasteiger partial charge in [-0.25, -0.2) is 0 Å². The van der Waals surface area contributed by atoms with E-state index in [-0.39, 0.29) is 24.8 Å². The van der Waals surface area contributed by atoms with E-state index < -0.39 is 12.0 Å². The molecular weight excluding hydrogens is 244 g/mol. The number of carboxylic acids is 1. The summed E-state index contributed by atoms with van der Waals surface area (Å²) in [5.74, 6) is -1.25. The highest BCUT2D eigenvalue weighted by Crippen LogP contribution is 2.03. The molecule has 2 atom stereocenters. The van der Waals surface area contributed by atoms with Crippen molar-refractivity contribution in [1.82, 2.24) is 5.32 Å². The van der Waals surface area contributed by atoms with E-state index in [1.54, 1.807) is 0 Å². The van der Waals surface area contributed by atoms with Crippen molar-refractivity contribution in [3.05, 3.63) is 35.9 Å². The quantitative estimate of drug-likeness (QED) is 0.683. The molecule has 0 spiro atoms. The number of benzene rings is 1. The number of carbonyl (C=O) groups excluding carboxylic acids is 1. The number of hydrogen-bond acceptors (Lipinski definition) is 3. The molecule has 0 aromatic heterocycles. The summed E-state index contributed by atoms with van der Waals surface area (Å²) in [4.78, 5) is 22.1. The first-order valence-electron chi connectivity index (χ1n) is 6.30. The predicted molar refractivity (Wildman–Crippen MR) is 72.6 cm³/mol. The molecule has 0 fully saturated rings. The summed E-state index contributed by atoms with van der Waals surface area (Å²) in [6.45, 7) is 1.90. The van der Waals surface area contributed by atoms with Crippen molar-refractivity contribution >= 4 is 11.9 Å². The van der Waals surface area contributed by atoms with E-state index in [1.807, 2.05) is 37.3 Å². The van der Waals surface area contributed by atoms with E-state index in [9.17, 15) is 9.59 Å². The van der Waals surface area contributed by atoms with Gasteiger partial charge in [-0.15, -0.1) is 0 Å². The third-order valence-corrected chi connectivity index (χ3v) is 2.78. The third-order valence-electron chi connectivity index (χ3n) is 2.78. The Labute approximate surface area is 112 Å². The van der Waals surface area contributed by atoms with Gasteiger partial charge < -0.3 is 16.2 Å². The van der Waals surface area contributed by atoms with Crippen molar-refractivity contribution in [2.24, 2.45) is 5.73 Å². The molecule has 19 heavy (non-hydrogen) atoms. The van der Waals surface area contributed by atoms with Gasteiger partial charge in [0, 0.05) is 12.5 Å². The Bertz CT molecular complexity index is 420. The molecule has 104 valence electrons. The van der Waals surface area contributed by atoms with Crippen LogP contribution in [-0.2, 0) is 16.0 Å². The number of aliphatic carboxylic acids is 1. The molecule has 0 aliphatic heterocycles. The summed E-state index contributed by atoms with van der Waals surface area (Å²) >= 11 is 0. The van der Waals surface area contributed by atoms with Crippen LogP contribution in [-0.4, -0.2) is 29.1 Å². The van der Waals surface area contributed by atoms with Crippen LogP contribution in [0.5, 0.6) is 0 Å². The van der Waals surface area contributed by atoms with Gasteiger partial charge in [0.05, 0.1) is 6.04 Å². The maximum absolute atomic E-state index is 11.7. The van der Waals surface area contributed by atoms with Gasteiger partial charge in [-0.3, -0.25) is 9.59 Å². The van der Waals surface area contributed by atoms with Crippen LogP contribution in [0.1, 0.15) is 25.3 Å². The maximum Gasteiger partial charge on any atom is 0.303 e. The zero-order valence-electron chi connectivity index (χ0n) is 11.0. The Balaban J connectivity index is 2.37. The molecule has 5 heteroatoms. The van der Waals surface area contributed by atoms with E-state index in [0.29, 0.717) is 0 Å². The molecule has 5 nitrogen and oxygen atoms in total. The van der Waals surface area contributed by atoms with Gasteiger partial charge in [-0.05, 0) is 25.3 Å². The van der Waals surface area contributed by atoms with Crippen LogP contribution in [0.25, 0.3) is 0 Å². The maximum atomic E-state index is 11.7. The Morgan fingerprint density at radius 2 is 1.95 bits per heavy atom. The lowest BCUT2D eigenvalue weighted by Gasteiger charge is -2.17. The third kappa shape index (κ3) is 6.01. The van der Waals surface area contributed by atoms with E-state index in [4.69, 9.17) is 10.8 Å². The Morgan fingerprint density at radius 1 is 1.32 bits per heavy atom. The van der Waals surface area contributed by atoms with Gasteiger partial charge in [0.25, 0.3) is 0 Å². The fourth-order valence-corrected chi connectivity index (χ4v) is 1.78. The van der Waals surface area contributed by atoms with Crippen LogP contribution in [0.3, 0.4) is 0 Å². The molecule has 1 aromatic carbocycles. The second-order valence-electron chi connectivity index (χ2n) is 4.64. The molecule has 0 saturated carbocycles. The van der Waals surface area contributed by atoms with Crippen molar-refractivity contribution in [3.63, 3.8) is 0 Å². The second kappa shape index (κ2) is 7.53. The summed E-state index contributed by atoms with van der Waals surface area (Å²) in [5.41, 5.74) is 6.77. The van der Waals surface area contributed by atoms with Gasteiger partial charge in [-0.1, -0.05) is 30.3 Å². The van der Waals surface area contributed by atoms with Crippen molar-refractivity contribution < 1.29 is 14.7 Å². The number of amides is 1. The van der Waals surface area contributed by atoms with Gasteiger partial charge in [-0.2, -0.15) is 0 Å². The van der Waals surface area contributed by atoms with Gasteiger partial charge in [0.1, 0.15) is 0 Å². The largest absolute Gasteiger partial charge is 0.481 e. The van der Waals surface area contributed by atoms with Crippen LogP contribution < -0.4 is 11.1 Å². The molecule has 1 aromatic rings. The van der Waals surface area contributed by atoms with Crippen molar-refractivity contribution in [2.75, 3.05) is 0 Å². The predicted octanol–water partition coefficient (Wildman–Crippen LogP) is 0.926. The molecular formula is C14H20N2O3. The zero-order chi connectivity index (χ0) is 14.3. The minimum atomic E-state index is -0.944. The van der Waals surface area contributed by atoms with E-state index >= 15 is 0 Å². The Kier molecular flexibility index (Phi) is 6.02. The first-order chi connectivity index (χ1) is 8.99. The van der Waals surface area contributed by atoms with Crippen LogP contribution in [0, 0.1) is 0 Å². The summed E-state index contributed by atoms with van der Waals surface area (Å²) in [7, 11) is 0. The molecule has 2 unspecified atom stereocenters. The normalized spacial score (nSPS) is 13.6. The molecule has 0 heterocycles. The summed E-state index contributed by atoms with van der Waals surface area (Å²) < 4.78 is 0. The smallest absolute Gasteiger partial charge is 0.303 e. The van der Waals surface area contributed by atoms with Gasteiger partial charge >= 0.3 is 5.97 Å². The molecule has 1 rings (SSSR count). The lowest BCUT2D eigenvalue weighted by atomic mass is 10.1. The number of carbonyl (C=O) groups is 2. The summed E-state index contributed by atoms with van der Waals surface area (Å²) in [6.07, 6.45) is 0.777. The van der Waals surface area contributed by atoms with Crippen molar-refractivity contribution in [1.29, 1.82) is 0 Å². The summed E-state index contributed by atoms with van der Waals surface area (Å²) in [5, 5.41) is 11.3. The topological polar surface area (TPSA) is 92.4 Å². The average Bonchev–Trinajstić information content (AvgIpc) is 2.36. The lowest BCUT2D eigenvalue weighted by molar-refractivity contribution is -0.137. The number of carboxylic acid groups (broad SMARTS) is 1. The van der Waals surface area contributed by atoms with Crippen molar-refractivity contribution in [3.8, 4) is 0 Å². The molecule has 0 aliphatic rings. The molecule has 0 aliphatic carbocycles. The van der Waals surface area contributed by atoms with Crippen LogP contribution in [0.4, 0.5) is 0 Å². The highest BCUT2D eigenvalue weighted by atomic mass is 16.4. The highest BCUT2D eigenvalue weighted by Gasteiger charge is 2.16. The van der Waals surface area contributed by atoms with Crippen LogP contribution >= 0.6 is 0 Å². The number of rotatable bonds is 7. The summed E-state index contributed by atoms with van der Waals surface area (Å²) in [6, 6.07) is 9.01. The fraction of sp³-hybridized carbons (Fsp3) is 0.429. The molecule has 4 N–H and O–H groups in total. The highest BCUT2D eigenvalue weighted by molar-refractivity contribution is 5.82. The van der Waals surface area contributed by atoms with E-state index in [0.717, 1.165) is 12.0 Å². The van der Waals surface area contributed by atoms with Crippen LogP contribution in [0.15, 0.2) is 30.3 Å². The van der Waals surface area contributed by atoms with Gasteiger partial charge in [0.2, 0.25) is 5.91 Å². The Hall–Kier alpha value is -1.88. The fourth-order valence-electron chi connectivity index (χ4n) is 1.78. The molecule has 0 saturated heterocycles. The molecule has 0 radical (unpaired) electrons. The lowest BCUT2D eigenvalue weighted by Crippen LogP contribution is -2.45. The Morgan fingerprint density at radius 3 is 2.53 bits per heavy atom. The monoisotopic (exact) mass is 264 g/mol. The van der Waals surface area contributed by atoms with Crippen molar-refractivity contribution in [2.45, 2.75) is 38.3 Å². The second-order valence-corrected chi connectivity index (χ2v) is 4.64. The number of nitrogens with one attached hydrogen (secondary N) is 1. The van der Waals surface area contributed by atoms with Gasteiger partial charge in [0.15, 0.2) is 0 Å². The average molecular weight is 264 g/mol. The number of nitrogens with two attached hydrogens (primary N) is 1. The minimum absolute atomic E-state index is 0.0363. The number of hydrogen-bond donors (Lipinski definition) is 3. The minimum Gasteiger partial charge on any atom is -0.481 e. The standard InChI is InChI=1S/C14H20N2O3/c1-10(9-11-5-3-2-4-6-11)16-14(19)12(15)7-8-13(17)18/h2-6,10,12H,7-9,15H2,1H3,(H,16,19)(H,17,18). The first kappa shape index (κ1) is 15.2. The van der Waals surface area contributed by atoms with E-state index in [1.165, 1.54) is 0 Å². The SMILES string of the molecule is CC(Cc1ccccc1)NC(=O)C(N)CCC(=O)O. The van der Waals surface area contributed by atoms with Crippen LogP contribution in [0.2, 0.25) is 0 Å². The zero-order valence-corrected chi connectivity index (χ0v) is 11.0.